The van der Waals surface area contributed by atoms with Crippen LogP contribution in [0, 0.1) is 11.2 Å². The second-order valence-corrected chi connectivity index (χ2v) is 9.24. The summed E-state index contributed by atoms with van der Waals surface area (Å²) in [7, 11) is 0. The number of hydrogen-bond donors (Lipinski definition) is 2. The first-order chi connectivity index (χ1) is 16.8. The molecule has 2 amide bonds. The number of benzene rings is 1. The molecule has 1 aromatic rings. The third-order valence-electron chi connectivity index (χ3n) is 6.04. The number of hydrazine groups is 1. The van der Waals surface area contributed by atoms with Gasteiger partial charge in [-0.2, -0.15) is 0 Å². The van der Waals surface area contributed by atoms with Crippen LogP contribution in [0.2, 0.25) is 0 Å². The van der Waals surface area contributed by atoms with Gasteiger partial charge >= 0.3 is 5.97 Å². The topological polar surface area (TPSA) is 102 Å². The highest BCUT2D eigenvalue weighted by Crippen LogP contribution is 2.41. The monoisotopic (exact) mass is 527 g/mol. The Kier molecular flexibility index (Phi) is 11.7. The van der Waals surface area contributed by atoms with Crippen LogP contribution in [-0.2, 0) is 25.5 Å². The predicted molar refractivity (Wildman–Crippen MR) is 134 cm³/mol. The lowest BCUT2D eigenvalue weighted by atomic mass is 9.71. The number of carbonyl (C=O) groups is 3. The summed E-state index contributed by atoms with van der Waals surface area (Å²) in [6, 6.07) is 3.37. The summed E-state index contributed by atoms with van der Waals surface area (Å²) in [6.45, 7) is 1.78. The smallest absolute Gasteiger partial charge is 0.330 e. The van der Waals surface area contributed by atoms with E-state index in [0.717, 1.165) is 10.6 Å². The second kappa shape index (κ2) is 14.2. The molecule has 0 saturated heterocycles. The molecule has 192 valence electrons. The van der Waals surface area contributed by atoms with Crippen LogP contribution >= 0.6 is 23.2 Å². The van der Waals surface area contributed by atoms with Gasteiger partial charge in [0, 0.05) is 18.2 Å². The van der Waals surface area contributed by atoms with Crippen LogP contribution in [0.4, 0.5) is 4.39 Å². The number of amides is 2. The Hall–Kier alpha value is -2.42. The number of carbonyl (C=O) groups excluding carboxylic acids is 3. The van der Waals surface area contributed by atoms with E-state index in [9.17, 15) is 18.8 Å². The van der Waals surface area contributed by atoms with Crippen molar-refractivity contribution in [1.82, 2.24) is 10.3 Å². The van der Waals surface area contributed by atoms with Gasteiger partial charge in [0.1, 0.15) is 17.9 Å². The third-order valence-corrected chi connectivity index (χ3v) is 6.42. The summed E-state index contributed by atoms with van der Waals surface area (Å²) >= 11 is 12.1. The van der Waals surface area contributed by atoms with Crippen molar-refractivity contribution in [2.24, 2.45) is 11.3 Å². The highest BCUT2D eigenvalue weighted by atomic mass is 35.5. The van der Waals surface area contributed by atoms with Crippen molar-refractivity contribution < 1.29 is 23.5 Å². The van der Waals surface area contributed by atoms with Crippen LogP contribution in [0.1, 0.15) is 38.2 Å². The van der Waals surface area contributed by atoms with Crippen LogP contribution < -0.4 is 11.2 Å². The van der Waals surface area contributed by atoms with Gasteiger partial charge in [-0.15, -0.1) is 23.2 Å². The SMILES string of the molecule is CCOC(=O)[C@H](CC1(CCCl)C=CC=C(CCCl)C1)N(N)C(=O)[C@H](Cc1ccc(F)cc1)NC=O. The molecule has 7 nitrogen and oxygen atoms in total. The maximum Gasteiger partial charge on any atom is 0.330 e. The van der Waals surface area contributed by atoms with Crippen molar-refractivity contribution in [3.05, 3.63) is 59.4 Å². The predicted octanol–water partition coefficient (Wildman–Crippen LogP) is 3.64. The maximum absolute atomic E-state index is 13.4. The summed E-state index contributed by atoms with van der Waals surface area (Å²) in [5, 5.41) is 3.30. The number of halogens is 3. The second-order valence-electron chi connectivity index (χ2n) is 8.49. The zero-order chi connectivity index (χ0) is 25.8. The molecule has 35 heavy (non-hydrogen) atoms. The van der Waals surface area contributed by atoms with E-state index in [1.807, 2.05) is 18.2 Å². The van der Waals surface area contributed by atoms with Gasteiger partial charge in [0.2, 0.25) is 6.41 Å². The summed E-state index contributed by atoms with van der Waals surface area (Å²) in [5.41, 5.74) is 1.20. The fourth-order valence-electron chi connectivity index (χ4n) is 4.26. The van der Waals surface area contributed by atoms with E-state index in [4.69, 9.17) is 33.8 Å². The quantitative estimate of drug-likeness (QED) is 0.0959. The Labute approximate surface area is 215 Å². The summed E-state index contributed by atoms with van der Waals surface area (Å²) in [6.07, 6.45) is 8.38. The molecule has 0 aromatic heterocycles. The van der Waals surface area contributed by atoms with Crippen LogP contribution in [0.3, 0.4) is 0 Å². The molecular weight excluding hydrogens is 496 g/mol. The average Bonchev–Trinajstić information content (AvgIpc) is 2.83. The number of alkyl halides is 2. The first-order valence-electron chi connectivity index (χ1n) is 11.5. The number of allylic oxidation sites excluding steroid dienone is 4. The molecule has 0 heterocycles. The summed E-state index contributed by atoms with van der Waals surface area (Å²) < 4.78 is 18.5. The van der Waals surface area contributed by atoms with E-state index in [2.05, 4.69) is 5.32 Å². The highest BCUT2D eigenvalue weighted by Gasteiger charge is 2.40. The van der Waals surface area contributed by atoms with E-state index >= 15 is 0 Å². The number of nitrogens with two attached hydrogens (primary N) is 1. The Morgan fingerprint density at radius 1 is 1.29 bits per heavy atom. The number of ether oxygens (including phenoxy) is 1. The number of hydrogen-bond acceptors (Lipinski definition) is 5. The lowest BCUT2D eigenvalue weighted by molar-refractivity contribution is -0.157. The van der Waals surface area contributed by atoms with Gasteiger partial charge < -0.3 is 10.1 Å². The number of esters is 1. The van der Waals surface area contributed by atoms with Gasteiger partial charge in [-0.25, -0.2) is 15.0 Å². The number of nitrogens with one attached hydrogen (secondary N) is 1. The van der Waals surface area contributed by atoms with Gasteiger partial charge in [-0.3, -0.25) is 14.6 Å². The third kappa shape index (κ3) is 8.33. The minimum atomic E-state index is -1.12. The van der Waals surface area contributed by atoms with Crippen LogP contribution in [0.15, 0.2) is 48.1 Å². The van der Waals surface area contributed by atoms with Gasteiger partial charge in [-0.05, 0) is 55.7 Å². The lowest BCUT2D eigenvalue weighted by Crippen LogP contribution is -2.58. The van der Waals surface area contributed by atoms with Gasteiger partial charge in [0.25, 0.3) is 5.91 Å². The molecule has 1 unspecified atom stereocenters. The Balaban J connectivity index is 2.31. The molecule has 3 atom stereocenters. The first kappa shape index (κ1) is 28.8. The van der Waals surface area contributed by atoms with Crippen molar-refractivity contribution in [2.45, 2.75) is 51.1 Å². The fraction of sp³-hybridized carbons (Fsp3) is 0.480. The molecule has 0 spiro atoms. The normalized spacial score (nSPS) is 18.8. The molecule has 10 heteroatoms. The number of rotatable bonds is 14. The van der Waals surface area contributed by atoms with E-state index in [1.54, 1.807) is 6.92 Å². The molecular formula is C25H32Cl2FN3O4. The number of nitrogens with zero attached hydrogens (tertiary/aromatic N) is 1. The maximum atomic E-state index is 13.4. The Bertz CT molecular complexity index is 926. The minimum absolute atomic E-state index is 0.0659. The average molecular weight is 528 g/mol. The zero-order valence-corrected chi connectivity index (χ0v) is 21.2. The molecule has 0 aliphatic heterocycles. The van der Waals surface area contributed by atoms with Gasteiger partial charge in [0.05, 0.1) is 6.61 Å². The molecule has 1 aliphatic carbocycles. The summed E-state index contributed by atoms with van der Waals surface area (Å²) in [4.78, 5) is 37.6. The Morgan fingerprint density at radius 3 is 2.60 bits per heavy atom. The van der Waals surface area contributed by atoms with Crippen molar-refractivity contribution in [3.8, 4) is 0 Å². The van der Waals surface area contributed by atoms with Crippen molar-refractivity contribution in [3.63, 3.8) is 0 Å². The van der Waals surface area contributed by atoms with Gasteiger partial charge in [0.15, 0.2) is 0 Å². The molecule has 0 fully saturated rings. The lowest BCUT2D eigenvalue weighted by Gasteiger charge is -2.38. The minimum Gasteiger partial charge on any atom is -0.464 e. The summed E-state index contributed by atoms with van der Waals surface area (Å²) in [5.74, 6) is 5.30. The molecule has 2 rings (SSSR count). The zero-order valence-electron chi connectivity index (χ0n) is 19.7. The molecule has 1 aliphatic rings. The van der Waals surface area contributed by atoms with Crippen molar-refractivity contribution in [1.29, 1.82) is 0 Å². The highest BCUT2D eigenvalue weighted by molar-refractivity contribution is 6.18. The standard InChI is InChI=1S/C25H32Cl2FN3O4/c1-2-35-24(34)22(16-25(11-13-27)10-3-4-19(15-25)9-12-26)31(29)23(33)21(30-17-32)14-18-5-7-20(28)8-6-18/h3-8,10,17,21-22H,2,9,11-16,29H2,1H3,(H,30,32)/t21-,22-,25?/m0/s1. The van der Waals surface area contributed by atoms with E-state index in [-0.39, 0.29) is 19.4 Å². The molecule has 0 saturated carbocycles. The Morgan fingerprint density at radius 2 is 2.00 bits per heavy atom. The van der Waals surface area contributed by atoms with Crippen molar-refractivity contribution in [2.75, 3.05) is 18.4 Å². The van der Waals surface area contributed by atoms with Crippen molar-refractivity contribution >= 4 is 41.5 Å². The first-order valence-corrected chi connectivity index (χ1v) is 12.5. The van der Waals surface area contributed by atoms with Crippen LogP contribution in [0.25, 0.3) is 0 Å². The van der Waals surface area contributed by atoms with Crippen LogP contribution in [0.5, 0.6) is 0 Å². The molecule has 0 radical (unpaired) electrons. The molecule has 1 aromatic carbocycles. The van der Waals surface area contributed by atoms with E-state index < -0.39 is 35.2 Å². The van der Waals surface area contributed by atoms with Gasteiger partial charge in [-0.1, -0.05) is 35.9 Å². The fourth-order valence-corrected chi connectivity index (χ4v) is 4.88. The van der Waals surface area contributed by atoms with E-state index in [0.29, 0.717) is 43.0 Å². The molecule has 3 N–H and O–H groups in total. The van der Waals surface area contributed by atoms with Crippen LogP contribution in [-0.4, -0.2) is 53.7 Å². The van der Waals surface area contributed by atoms with E-state index in [1.165, 1.54) is 24.3 Å². The molecule has 0 bridgehead atoms. The largest absolute Gasteiger partial charge is 0.464 e.